The number of carbonyl (C=O) groups is 1. The molecule has 1 heterocycles. The Hall–Kier alpha value is -1.87. The second kappa shape index (κ2) is 4.42. The van der Waals surface area contributed by atoms with Crippen molar-refractivity contribution >= 4 is 16.7 Å². The molecule has 0 bridgehead atoms. The van der Waals surface area contributed by atoms with Crippen LogP contribution in [-0.2, 0) is 17.8 Å². The quantitative estimate of drug-likeness (QED) is 0.877. The fourth-order valence-corrected chi connectivity index (χ4v) is 2.74. The number of aliphatic carboxylic acids is 1. The first-order valence-corrected chi connectivity index (χ1v) is 6.18. The third-order valence-electron chi connectivity index (χ3n) is 3.57. The van der Waals surface area contributed by atoms with Crippen LogP contribution in [0.2, 0.25) is 0 Å². The number of fused-ring (bicyclic) bond motifs is 3. The molecule has 0 aromatic heterocycles. The van der Waals surface area contributed by atoms with Crippen LogP contribution in [0.15, 0.2) is 36.4 Å². The summed E-state index contributed by atoms with van der Waals surface area (Å²) >= 11 is 0. The number of carboxylic acid groups (broad SMARTS) is 1. The summed E-state index contributed by atoms with van der Waals surface area (Å²) in [5, 5.41) is 11.4. The molecule has 0 radical (unpaired) electrons. The van der Waals surface area contributed by atoms with Gasteiger partial charge in [-0.15, -0.1) is 0 Å². The van der Waals surface area contributed by atoms with E-state index in [1.807, 2.05) is 11.0 Å². The van der Waals surface area contributed by atoms with Crippen LogP contribution >= 0.6 is 0 Å². The van der Waals surface area contributed by atoms with Crippen molar-refractivity contribution in [3.63, 3.8) is 0 Å². The molecule has 92 valence electrons. The van der Waals surface area contributed by atoms with E-state index < -0.39 is 5.97 Å². The lowest BCUT2D eigenvalue weighted by Crippen LogP contribution is -2.34. The zero-order valence-corrected chi connectivity index (χ0v) is 10.1. The Balaban J connectivity index is 1.98. The van der Waals surface area contributed by atoms with E-state index in [1.165, 1.54) is 21.9 Å². The lowest BCUT2D eigenvalue weighted by atomic mass is 9.93. The molecule has 2 aromatic rings. The molecule has 0 aliphatic carbocycles. The van der Waals surface area contributed by atoms with Crippen molar-refractivity contribution in [2.45, 2.75) is 13.0 Å². The Bertz CT molecular complexity index is 606. The molecule has 0 amide bonds. The van der Waals surface area contributed by atoms with E-state index in [-0.39, 0.29) is 6.54 Å². The summed E-state index contributed by atoms with van der Waals surface area (Å²) in [7, 11) is 0. The second-order valence-electron chi connectivity index (χ2n) is 4.78. The Labute approximate surface area is 106 Å². The summed E-state index contributed by atoms with van der Waals surface area (Å²) in [6.45, 7) is 1.70. The maximum absolute atomic E-state index is 10.8. The van der Waals surface area contributed by atoms with Crippen LogP contribution in [0, 0.1) is 0 Å². The van der Waals surface area contributed by atoms with Crippen molar-refractivity contribution < 1.29 is 9.90 Å². The van der Waals surface area contributed by atoms with Crippen molar-refractivity contribution in [3.8, 4) is 0 Å². The molecule has 3 rings (SSSR count). The highest BCUT2D eigenvalue weighted by Crippen LogP contribution is 2.27. The first-order valence-electron chi connectivity index (χ1n) is 6.18. The topological polar surface area (TPSA) is 40.5 Å². The van der Waals surface area contributed by atoms with E-state index in [2.05, 4.69) is 30.3 Å². The fourth-order valence-electron chi connectivity index (χ4n) is 2.74. The summed E-state index contributed by atoms with van der Waals surface area (Å²) in [6, 6.07) is 12.6. The van der Waals surface area contributed by atoms with Gasteiger partial charge in [-0.3, -0.25) is 9.69 Å². The van der Waals surface area contributed by atoms with Crippen molar-refractivity contribution in [3.05, 3.63) is 47.5 Å². The van der Waals surface area contributed by atoms with Crippen LogP contribution in [0.1, 0.15) is 11.1 Å². The first kappa shape index (κ1) is 11.2. The average molecular weight is 241 g/mol. The Morgan fingerprint density at radius 1 is 1.22 bits per heavy atom. The molecule has 0 unspecified atom stereocenters. The van der Waals surface area contributed by atoms with Gasteiger partial charge in [0.2, 0.25) is 0 Å². The van der Waals surface area contributed by atoms with Gasteiger partial charge in [-0.25, -0.2) is 0 Å². The van der Waals surface area contributed by atoms with E-state index >= 15 is 0 Å². The summed E-state index contributed by atoms with van der Waals surface area (Å²) in [5.74, 6) is -0.751. The van der Waals surface area contributed by atoms with Crippen LogP contribution < -0.4 is 0 Å². The highest BCUT2D eigenvalue weighted by molar-refractivity contribution is 5.87. The number of hydrogen-bond donors (Lipinski definition) is 1. The number of rotatable bonds is 2. The van der Waals surface area contributed by atoms with Crippen LogP contribution in [-0.4, -0.2) is 29.1 Å². The Kier molecular flexibility index (Phi) is 2.76. The van der Waals surface area contributed by atoms with Gasteiger partial charge in [-0.05, 0) is 28.3 Å². The van der Waals surface area contributed by atoms with Crippen molar-refractivity contribution in [1.82, 2.24) is 4.90 Å². The smallest absolute Gasteiger partial charge is 0.317 e. The van der Waals surface area contributed by atoms with Crippen molar-refractivity contribution in [1.29, 1.82) is 0 Å². The molecule has 0 saturated heterocycles. The summed E-state index contributed by atoms with van der Waals surface area (Å²) in [5.41, 5.74) is 2.65. The van der Waals surface area contributed by atoms with Gasteiger partial charge in [0.1, 0.15) is 0 Å². The van der Waals surface area contributed by atoms with Gasteiger partial charge in [-0.2, -0.15) is 0 Å². The van der Waals surface area contributed by atoms with Crippen LogP contribution in [0.3, 0.4) is 0 Å². The van der Waals surface area contributed by atoms with E-state index in [0.29, 0.717) is 0 Å². The molecule has 1 N–H and O–H groups in total. The SMILES string of the molecule is O=C(O)CN1CCc2c(ccc3ccccc23)C1. The highest BCUT2D eigenvalue weighted by Gasteiger charge is 2.19. The minimum absolute atomic E-state index is 0.131. The number of benzene rings is 2. The average Bonchev–Trinajstić information content (AvgIpc) is 2.37. The van der Waals surface area contributed by atoms with Crippen LogP contribution in [0.5, 0.6) is 0 Å². The standard InChI is InChI=1S/C15H15NO2/c17-15(18)10-16-8-7-14-12(9-16)6-5-11-3-1-2-4-13(11)14/h1-6H,7-10H2,(H,17,18). The van der Waals surface area contributed by atoms with E-state index in [0.717, 1.165) is 19.5 Å². The molecule has 0 atom stereocenters. The molecule has 1 aliphatic heterocycles. The maximum atomic E-state index is 10.8. The largest absolute Gasteiger partial charge is 0.480 e. The molecule has 18 heavy (non-hydrogen) atoms. The predicted octanol–water partition coefficient (Wildman–Crippen LogP) is 2.28. The molecular formula is C15H15NO2. The molecule has 2 aromatic carbocycles. The van der Waals surface area contributed by atoms with Gasteiger partial charge in [0.05, 0.1) is 6.54 Å². The summed E-state index contributed by atoms with van der Waals surface area (Å²) in [4.78, 5) is 12.7. The normalized spacial score (nSPS) is 15.6. The molecule has 0 saturated carbocycles. The third kappa shape index (κ3) is 1.97. The number of nitrogens with zero attached hydrogens (tertiary/aromatic N) is 1. The lowest BCUT2D eigenvalue weighted by Gasteiger charge is -2.28. The fraction of sp³-hybridized carbons (Fsp3) is 0.267. The van der Waals surface area contributed by atoms with Crippen molar-refractivity contribution in [2.75, 3.05) is 13.1 Å². The minimum Gasteiger partial charge on any atom is -0.480 e. The van der Waals surface area contributed by atoms with Gasteiger partial charge >= 0.3 is 5.97 Å². The third-order valence-corrected chi connectivity index (χ3v) is 3.57. The van der Waals surface area contributed by atoms with Gasteiger partial charge in [-0.1, -0.05) is 36.4 Å². The van der Waals surface area contributed by atoms with Crippen molar-refractivity contribution in [2.24, 2.45) is 0 Å². The minimum atomic E-state index is -0.751. The van der Waals surface area contributed by atoms with Crippen LogP contribution in [0.4, 0.5) is 0 Å². The second-order valence-corrected chi connectivity index (χ2v) is 4.78. The van der Waals surface area contributed by atoms with E-state index in [9.17, 15) is 4.79 Å². The van der Waals surface area contributed by atoms with E-state index in [4.69, 9.17) is 5.11 Å². The summed E-state index contributed by atoms with van der Waals surface area (Å²) in [6.07, 6.45) is 0.934. The molecule has 0 fully saturated rings. The molecular weight excluding hydrogens is 226 g/mol. The van der Waals surface area contributed by atoms with Crippen LogP contribution in [0.25, 0.3) is 10.8 Å². The Morgan fingerprint density at radius 2 is 2.06 bits per heavy atom. The molecule has 0 spiro atoms. The summed E-state index contributed by atoms with van der Waals surface area (Å²) < 4.78 is 0. The maximum Gasteiger partial charge on any atom is 0.317 e. The van der Waals surface area contributed by atoms with Gasteiger partial charge < -0.3 is 5.11 Å². The molecule has 1 aliphatic rings. The predicted molar refractivity (Wildman–Crippen MR) is 70.6 cm³/mol. The first-order chi connectivity index (χ1) is 8.74. The van der Waals surface area contributed by atoms with Gasteiger partial charge in [0, 0.05) is 13.1 Å². The number of carboxylic acids is 1. The highest BCUT2D eigenvalue weighted by atomic mass is 16.4. The monoisotopic (exact) mass is 241 g/mol. The Morgan fingerprint density at radius 3 is 2.89 bits per heavy atom. The lowest BCUT2D eigenvalue weighted by molar-refractivity contribution is -0.138. The van der Waals surface area contributed by atoms with Gasteiger partial charge in [0.25, 0.3) is 0 Å². The molecule has 3 nitrogen and oxygen atoms in total. The number of hydrogen-bond acceptors (Lipinski definition) is 2. The zero-order valence-electron chi connectivity index (χ0n) is 10.1. The van der Waals surface area contributed by atoms with E-state index in [1.54, 1.807) is 0 Å². The zero-order chi connectivity index (χ0) is 12.5. The molecule has 3 heteroatoms. The van der Waals surface area contributed by atoms with Gasteiger partial charge in [0.15, 0.2) is 0 Å².